The number of aromatic nitrogens is 2. The van der Waals surface area contributed by atoms with Gasteiger partial charge in [0.15, 0.2) is 0 Å². The minimum atomic E-state index is 0.596. The van der Waals surface area contributed by atoms with Gasteiger partial charge in [-0.15, -0.1) is 0 Å². The maximum absolute atomic E-state index is 6.10. The first-order valence-electron chi connectivity index (χ1n) is 5.79. The summed E-state index contributed by atoms with van der Waals surface area (Å²) in [5.41, 5.74) is 2.19. The van der Waals surface area contributed by atoms with E-state index in [-0.39, 0.29) is 0 Å². The molecule has 0 aliphatic rings. The highest BCUT2D eigenvalue weighted by Crippen LogP contribution is 2.25. The first-order valence-corrected chi connectivity index (χ1v) is 6.55. The van der Waals surface area contributed by atoms with E-state index < -0.39 is 0 Å². The van der Waals surface area contributed by atoms with Crippen molar-refractivity contribution < 1.29 is 0 Å². The largest absolute Gasteiger partial charge is 0.311 e. The third-order valence-electron chi connectivity index (χ3n) is 2.63. The SMILES string of the molecule is Cc1cnn(CCNCc2cccc(Cl)c2Cl)c1. The Hall–Kier alpha value is -1.03. The molecule has 5 heteroatoms. The number of hydrogen-bond acceptors (Lipinski definition) is 2. The molecule has 0 unspecified atom stereocenters. The van der Waals surface area contributed by atoms with E-state index in [1.807, 2.05) is 36.1 Å². The summed E-state index contributed by atoms with van der Waals surface area (Å²) in [7, 11) is 0. The van der Waals surface area contributed by atoms with Gasteiger partial charge in [0.25, 0.3) is 0 Å². The van der Waals surface area contributed by atoms with Crippen LogP contribution >= 0.6 is 23.2 Å². The number of aryl methyl sites for hydroxylation is 1. The summed E-state index contributed by atoms with van der Waals surface area (Å²) in [5.74, 6) is 0. The fourth-order valence-electron chi connectivity index (χ4n) is 1.69. The second-order valence-corrected chi connectivity index (χ2v) is 4.96. The van der Waals surface area contributed by atoms with Gasteiger partial charge in [-0.25, -0.2) is 0 Å². The van der Waals surface area contributed by atoms with Crippen LogP contribution in [0.2, 0.25) is 10.0 Å². The van der Waals surface area contributed by atoms with Gasteiger partial charge in [-0.05, 0) is 24.1 Å². The van der Waals surface area contributed by atoms with Crippen LogP contribution in [0.15, 0.2) is 30.6 Å². The van der Waals surface area contributed by atoms with Crippen LogP contribution in [0.25, 0.3) is 0 Å². The molecule has 1 aromatic heterocycles. The molecule has 0 amide bonds. The van der Waals surface area contributed by atoms with Crippen LogP contribution in [-0.4, -0.2) is 16.3 Å². The fraction of sp³-hybridized carbons (Fsp3) is 0.308. The second kappa shape index (κ2) is 6.23. The third-order valence-corrected chi connectivity index (χ3v) is 3.49. The van der Waals surface area contributed by atoms with Crippen LogP contribution in [0, 0.1) is 6.92 Å². The summed E-state index contributed by atoms with van der Waals surface area (Å²) in [5, 5.41) is 8.77. The first kappa shape index (κ1) is 13.4. The highest BCUT2D eigenvalue weighted by atomic mass is 35.5. The van der Waals surface area contributed by atoms with E-state index in [1.165, 1.54) is 5.56 Å². The van der Waals surface area contributed by atoms with Gasteiger partial charge >= 0.3 is 0 Å². The minimum absolute atomic E-state index is 0.596. The first-order chi connectivity index (χ1) is 8.66. The molecular formula is C13H15Cl2N3. The summed E-state index contributed by atoms with van der Waals surface area (Å²) >= 11 is 12.1. The van der Waals surface area contributed by atoms with Gasteiger partial charge in [0, 0.05) is 19.3 Å². The summed E-state index contributed by atoms with van der Waals surface area (Å²) < 4.78 is 1.92. The maximum atomic E-state index is 6.10. The van der Waals surface area contributed by atoms with Gasteiger partial charge in [0.05, 0.1) is 22.8 Å². The molecule has 1 N–H and O–H groups in total. The Balaban J connectivity index is 1.80. The number of hydrogen-bond donors (Lipinski definition) is 1. The molecule has 3 nitrogen and oxygen atoms in total. The van der Waals surface area contributed by atoms with Crippen molar-refractivity contribution in [3.8, 4) is 0 Å². The van der Waals surface area contributed by atoms with E-state index in [1.54, 1.807) is 6.07 Å². The lowest BCUT2D eigenvalue weighted by molar-refractivity contribution is 0.554. The van der Waals surface area contributed by atoms with Crippen molar-refractivity contribution in [1.82, 2.24) is 15.1 Å². The minimum Gasteiger partial charge on any atom is -0.311 e. The van der Waals surface area contributed by atoms with Gasteiger partial charge in [0.1, 0.15) is 0 Å². The summed E-state index contributed by atoms with van der Waals surface area (Å²) in [6.07, 6.45) is 3.88. The van der Waals surface area contributed by atoms with Gasteiger partial charge < -0.3 is 5.32 Å². The standard InChI is InChI=1S/C13H15Cl2N3/c1-10-7-17-18(9-10)6-5-16-8-11-3-2-4-12(14)13(11)15/h2-4,7,9,16H,5-6,8H2,1H3. The summed E-state index contributed by atoms with van der Waals surface area (Å²) in [6, 6.07) is 5.67. The Morgan fingerprint density at radius 2 is 2.17 bits per heavy atom. The maximum Gasteiger partial charge on any atom is 0.0637 e. The van der Waals surface area contributed by atoms with Crippen molar-refractivity contribution in [3.63, 3.8) is 0 Å². The van der Waals surface area contributed by atoms with Crippen molar-refractivity contribution in [3.05, 3.63) is 51.8 Å². The average molecular weight is 284 g/mol. The van der Waals surface area contributed by atoms with E-state index in [0.717, 1.165) is 18.7 Å². The van der Waals surface area contributed by atoms with E-state index in [0.29, 0.717) is 16.6 Å². The van der Waals surface area contributed by atoms with Crippen molar-refractivity contribution in [1.29, 1.82) is 0 Å². The molecule has 0 spiro atoms. The predicted molar refractivity (Wildman–Crippen MR) is 75.1 cm³/mol. The molecule has 0 aliphatic heterocycles. The zero-order valence-electron chi connectivity index (χ0n) is 10.2. The van der Waals surface area contributed by atoms with Crippen LogP contribution in [0.1, 0.15) is 11.1 Å². The van der Waals surface area contributed by atoms with Crippen LogP contribution in [-0.2, 0) is 13.1 Å². The Morgan fingerprint density at radius 1 is 1.33 bits per heavy atom. The van der Waals surface area contributed by atoms with Crippen molar-refractivity contribution >= 4 is 23.2 Å². The zero-order chi connectivity index (χ0) is 13.0. The molecule has 0 saturated carbocycles. The third kappa shape index (κ3) is 3.48. The van der Waals surface area contributed by atoms with Crippen LogP contribution in [0.4, 0.5) is 0 Å². The quantitative estimate of drug-likeness (QED) is 0.854. The second-order valence-electron chi connectivity index (χ2n) is 4.17. The molecule has 2 rings (SSSR count). The normalized spacial score (nSPS) is 10.8. The molecule has 0 saturated heterocycles. The van der Waals surface area contributed by atoms with E-state index in [4.69, 9.17) is 23.2 Å². The number of benzene rings is 1. The molecule has 0 radical (unpaired) electrons. The smallest absolute Gasteiger partial charge is 0.0637 e. The Labute approximate surface area is 117 Å². The van der Waals surface area contributed by atoms with Gasteiger partial charge in [-0.2, -0.15) is 5.10 Å². The molecule has 0 aliphatic carbocycles. The van der Waals surface area contributed by atoms with Crippen molar-refractivity contribution in [2.24, 2.45) is 0 Å². The van der Waals surface area contributed by atoms with Gasteiger partial charge in [0.2, 0.25) is 0 Å². The van der Waals surface area contributed by atoms with E-state index in [2.05, 4.69) is 10.4 Å². The summed E-state index contributed by atoms with van der Waals surface area (Å²) in [4.78, 5) is 0. The number of halogens is 2. The molecule has 0 atom stereocenters. The zero-order valence-corrected chi connectivity index (χ0v) is 11.7. The lowest BCUT2D eigenvalue weighted by Crippen LogP contribution is -2.19. The van der Waals surface area contributed by atoms with Gasteiger partial charge in [-0.3, -0.25) is 4.68 Å². The monoisotopic (exact) mass is 283 g/mol. The molecule has 1 heterocycles. The summed E-state index contributed by atoms with van der Waals surface area (Å²) in [6.45, 7) is 4.41. The topological polar surface area (TPSA) is 29.9 Å². The highest BCUT2D eigenvalue weighted by molar-refractivity contribution is 6.42. The molecule has 0 fully saturated rings. The molecule has 96 valence electrons. The van der Waals surface area contributed by atoms with Crippen molar-refractivity contribution in [2.75, 3.05) is 6.54 Å². The Morgan fingerprint density at radius 3 is 2.89 bits per heavy atom. The molecule has 18 heavy (non-hydrogen) atoms. The van der Waals surface area contributed by atoms with E-state index >= 15 is 0 Å². The number of nitrogens with zero attached hydrogens (tertiary/aromatic N) is 2. The lowest BCUT2D eigenvalue weighted by Gasteiger charge is -2.07. The predicted octanol–water partition coefficient (Wildman–Crippen LogP) is 3.29. The van der Waals surface area contributed by atoms with E-state index in [9.17, 15) is 0 Å². The molecule has 2 aromatic rings. The average Bonchev–Trinajstić information content (AvgIpc) is 2.76. The van der Waals surface area contributed by atoms with Crippen LogP contribution in [0.3, 0.4) is 0 Å². The van der Waals surface area contributed by atoms with Crippen LogP contribution < -0.4 is 5.32 Å². The molecular weight excluding hydrogens is 269 g/mol. The number of rotatable bonds is 5. The fourth-order valence-corrected chi connectivity index (χ4v) is 2.08. The number of nitrogens with one attached hydrogen (secondary N) is 1. The highest BCUT2D eigenvalue weighted by Gasteiger charge is 2.03. The Kier molecular flexibility index (Phi) is 4.64. The van der Waals surface area contributed by atoms with Crippen molar-refractivity contribution in [2.45, 2.75) is 20.0 Å². The van der Waals surface area contributed by atoms with Gasteiger partial charge in [-0.1, -0.05) is 35.3 Å². The Bertz CT molecular complexity index is 523. The molecule has 1 aromatic carbocycles. The molecule has 0 bridgehead atoms. The lowest BCUT2D eigenvalue weighted by atomic mass is 10.2. The van der Waals surface area contributed by atoms with Crippen LogP contribution in [0.5, 0.6) is 0 Å².